The Kier molecular flexibility index (Phi) is 2.94. The molecule has 21 heavy (non-hydrogen) atoms. The molecule has 1 amide bonds. The van der Waals surface area contributed by atoms with Gasteiger partial charge in [0, 0.05) is 18.2 Å². The molecule has 1 aliphatic carbocycles. The summed E-state index contributed by atoms with van der Waals surface area (Å²) in [6.45, 7) is 0.925. The Hall–Kier alpha value is -2.24. The fourth-order valence-electron chi connectivity index (χ4n) is 2.83. The number of nitrogens with zero attached hydrogens (tertiary/aromatic N) is 5. The first kappa shape index (κ1) is 12.5. The number of benzene rings is 1. The minimum atomic E-state index is 0.0295. The number of hydrogen-bond donors (Lipinski definition) is 0. The van der Waals surface area contributed by atoms with Crippen LogP contribution in [0.2, 0.25) is 0 Å². The van der Waals surface area contributed by atoms with Gasteiger partial charge in [0.2, 0.25) is 0 Å². The fourth-order valence-corrected chi connectivity index (χ4v) is 2.83. The standard InChI is InChI=1S/C15H17N5O/c21-14(10-20-17-15(16-18-20)12-7-8-12)19-9-3-5-11-4-1-2-6-13(11)19/h1-2,4,6,12H,3,5,7-10H2. The first-order valence-corrected chi connectivity index (χ1v) is 7.47. The van der Waals surface area contributed by atoms with Crippen LogP contribution in [0.25, 0.3) is 0 Å². The lowest BCUT2D eigenvalue weighted by Gasteiger charge is -2.29. The lowest BCUT2D eigenvalue weighted by molar-refractivity contribution is -0.119. The van der Waals surface area contributed by atoms with Crippen molar-refractivity contribution in [2.45, 2.75) is 38.1 Å². The Morgan fingerprint density at radius 3 is 3.00 bits per heavy atom. The number of fused-ring (bicyclic) bond motifs is 1. The SMILES string of the molecule is O=C(Cn1nnc(C2CC2)n1)N1CCCc2ccccc21. The maximum atomic E-state index is 12.5. The van der Waals surface area contributed by atoms with E-state index in [0.717, 1.165) is 43.7 Å². The summed E-state index contributed by atoms with van der Waals surface area (Å²) in [4.78, 5) is 15.8. The van der Waals surface area contributed by atoms with Crippen molar-refractivity contribution >= 4 is 11.6 Å². The summed E-state index contributed by atoms with van der Waals surface area (Å²) in [5.74, 6) is 1.27. The van der Waals surface area contributed by atoms with Crippen LogP contribution in [0.5, 0.6) is 0 Å². The van der Waals surface area contributed by atoms with E-state index in [1.165, 1.54) is 10.4 Å². The van der Waals surface area contributed by atoms with Crippen LogP contribution in [0.3, 0.4) is 0 Å². The van der Waals surface area contributed by atoms with Crippen molar-refractivity contribution in [2.24, 2.45) is 0 Å². The summed E-state index contributed by atoms with van der Waals surface area (Å²) in [5.41, 5.74) is 2.26. The second-order valence-electron chi connectivity index (χ2n) is 5.73. The Bertz CT molecular complexity index is 676. The Labute approximate surface area is 122 Å². The third-order valence-corrected chi connectivity index (χ3v) is 4.10. The highest BCUT2D eigenvalue weighted by atomic mass is 16.2. The fraction of sp³-hybridized carbons (Fsp3) is 0.467. The molecular formula is C15H17N5O. The molecule has 0 N–H and O–H groups in total. The van der Waals surface area contributed by atoms with E-state index in [4.69, 9.17) is 0 Å². The highest BCUT2D eigenvalue weighted by Crippen LogP contribution is 2.37. The second kappa shape index (κ2) is 4.95. The highest BCUT2D eigenvalue weighted by Gasteiger charge is 2.29. The van der Waals surface area contributed by atoms with Crippen molar-refractivity contribution < 1.29 is 4.79 Å². The second-order valence-corrected chi connectivity index (χ2v) is 5.73. The van der Waals surface area contributed by atoms with Gasteiger partial charge in [-0.3, -0.25) is 4.79 Å². The molecule has 2 heterocycles. The van der Waals surface area contributed by atoms with E-state index < -0.39 is 0 Å². The zero-order valence-corrected chi connectivity index (χ0v) is 11.8. The first-order chi connectivity index (χ1) is 10.3. The Balaban J connectivity index is 1.52. The molecule has 108 valence electrons. The number of tetrazole rings is 1. The molecule has 0 spiro atoms. The van der Waals surface area contributed by atoms with Gasteiger partial charge >= 0.3 is 0 Å². The number of para-hydroxylation sites is 1. The van der Waals surface area contributed by atoms with Crippen LogP contribution in [0.4, 0.5) is 5.69 Å². The van der Waals surface area contributed by atoms with Gasteiger partial charge in [0.1, 0.15) is 6.54 Å². The van der Waals surface area contributed by atoms with Crippen LogP contribution in [0.15, 0.2) is 24.3 Å². The molecule has 2 aliphatic rings. The van der Waals surface area contributed by atoms with Crippen LogP contribution in [-0.4, -0.2) is 32.7 Å². The maximum absolute atomic E-state index is 12.5. The van der Waals surface area contributed by atoms with E-state index in [1.54, 1.807) is 0 Å². The minimum absolute atomic E-state index is 0.0295. The van der Waals surface area contributed by atoms with Crippen molar-refractivity contribution in [3.63, 3.8) is 0 Å². The molecule has 1 aromatic carbocycles. The molecule has 1 saturated carbocycles. The van der Waals surface area contributed by atoms with E-state index in [-0.39, 0.29) is 12.5 Å². The van der Waals surface area contributed by atoms with Gasteiger partial charge in [0.25, 0.3) is 5.91 Å². The van der Waals surface area contributed by atoms with Gasteiger partial charge in [-0.2, -0.15) is 4.80 Å². The van der Waals surface area contributed by atoms with Gasteiger partial charge in [0.05, 0.1) is 0 Å². The van der Waals surface area contributed by atoms with Crippen molar-refractivity contribution in [1.82, 2.24) is 20.2 Å². The van der Waals surface area contributed by atoms with Gasteiger partial charge in [-0.15, -0.1) is 10.2 Å². The summed E-state index contributed by atoms with van der Waals surface area (Å²) in [5, 5.41) is 12.3. The van der Waals surface area contributed by atoms with Crippen LogP contribution in [0, 0.1) is 0 Å². The number of rotatable bonds is 3. The van der Waals surface area contributed by atoms with Crippen molar-refractivity contribution in [1.29, 1.82) is 0 Å². The smallest absolute Gasteiger partial charge is 0.250 e. The van der Waals surface area contributed by atoms with Crippen LogP contribution < -0.4 is 4.90 Å². The zero-order chi connectivity index (χ0) is 14.2. The summed E-state index contributed by atoms with van der Waals surface area (Å²) < 4.78 is 0. The highest BCUT2D eigenvalue weighted by molar-refractivity contribution is 5.94. The van der Waals surface area contributed by atoms with Crippen molar-refractivity contribution in [3.05, 3.63) is 35.7 Å². The number of aromatic nitrogens is 4. The molecule has 6 nitrogen and oxygen atoms in total. The lowest BCUT2D eigenvalue weighted by Crippen LogP contribution is -2.38. The summed E-state index contributed by atoms with van der Waals surface area (Å²) in [7, 11) is 0. The van der Waals surface area contributed by atoms with Gasteiger partial charge < -0.3 is 4.90 Å². The van der Waals surface area contributed by atoms with Crippen LogP contribution in [-0.2, 0) is 17.8 Å². The third kappa shape index (κ3) is 2.41. The molecule has 1 aromatic heterocycles. The first-order valence-electron chi connectivity index (χ1n) is 7.47. The number of carbonyl (C=O) groups is 1. The number of anilines is 1. The lowest BCUT2D eigenvalue weighted by atomic mass is 10.0. The van der Waals surface area contributed by atoms with Crippen LogP contribution >= 0.6 is 0 Å². The molecule has 1 aliphatic heterocycles. The quantitative estimate of drug-likeness (QED) is 0.857. The average Bonchev–Trinajstić information content (AvgIpc) is 3.27. The van der Waals surface area contributed by atoms with E-state index >= 15 is 0 Å². The van der Waals surface area contributed by atoms with E-state index in [2.05, 4.69) is 21.5 Å². The van der Waals surface area contributed by atoms with Crippen molar-refractivity contribution in [3.8, 4) is 0 Å². The van der Waals surface area contributed by atoms with Gasteiger partial charge in [0.15, 0.2) is 5.82 Å². The third-order valence-electron chi connectivity index (χ3n) is 4.10. The predicted octanol–water partition coefficient (Wildman–Crippen LogP) is 1.53. The normalized spacial score (nSPS) is 17.6. The predicted molar refractivity (Wildman–Crippen MR) is 76.9 cm³/mol. The molecule has 1 fully saturated rings. The summed E-state index contributed by atoms with van der Waals surface area (Å²) in [6, 6.07) is 8.10. The van der Waals surface area contributed by atoms with Gasteiger partial charge in [-0.1, -0.05) is 18.2 Å². The van der Waals surface area contributed by atoms with Crippen LogP contribution in [0.1, 0.15) is 36.6 Å². The van der Waals surface area contributed by atoms with E-state index in [0.29, 0.717) is 5.92 Å². The molecule has 4 rings (SSSR count). The Morgan fingerprint density at radius 1 is 1.29 bits per heavy atom. The zero-order valence-electron chi connectivity index (χ0n) is 11.8. The number of aryl methyl sites for hydroxylation is 1. The molecule has 0 radical (unpaired) electrons. The maximum Gasteiger partial charge on any atom is 0.250 e. The molecule has 0 unspecified atom stereocenters. The van der Waals surface area contributed by atoms with Gasteiger partial charge in [-0.05, 0) is 42.5 Å². The number of amides is 1. The van der Waals surface area contributed by atoms with Crippen molar-refractivity contribution in [2.75, 3.05) is 11.4 Å². The molecule has 6 heteroatoms. The molecular weight excluding hydrogens is 266 g/mol. The summed E-state index contributed by atoms with van der Waals surface area (Å²) >= 11 is 0. The van der Waals surface area contributed by atoms with E-state index in [1.807, 2.05) is 23.1 Å². The largest absolute Gasteiger partial charge is 0.310 e. The van der Waals surface area contributed by atoms with Gasteiger partial charge in [-0.25, -0.2) is 0 Å². The van der Waals surface area contributed by atoms with E-state index in [9.17, 15) is 4.79 Å². The monoisotopic (exact) mass is 283 g/mol. The molecule has 0 saturated heterocycles. The number of hydrogen-bond acceptors (Lipinski definition) is 4. The summed E-state index contributed by atoms with van der Waals surface area (Å²) in [6.07, 6.45) is 4.31. The molecule has 0 bridgehead atoms. The minimum Gasteiger partial charge on any atom is -0.310 e. The molecule has 2 aromatic rings. The Morgan fingerprint density at radius 2 is 2.14 bits per heavy atom. The topological polar surface area (TPSA) is 63.9 Å². The average molecular weight is 283 g/mol. The number of carbonyl (C=O) groups excluding carboxylic acids is 1. The molecule has 0 atom stereocenters.